The highest BCUT2D eigenvalue weighted by Crippen LogP contribution is 2.17. The maximum Gasteiger partial charge on any atom is 0.338 e. The van der Waals surface area contributed by atoms with E-state index in [2.05, 4.69) is 15.5 Å². The van der Waals surface area contributed by atoms with E-state index in [0.717, 1.165) is 6.42 Å². The summed E-state index contributed by atoms with van der Waals surface area (Å²) in [5.41, 5.74) is 0.834. The molecule has 126 valence electrons. The van der Waals surface area contributed by atoms with Gasteiger partial charge in [-0.2, -0.15) is 4.98 Å². The first-order valence-corrected chi connectivity index (χ1v) is 7.60. The van der Waals surface area contributed by atoms with Gasteiger partial charge in [0.1, 0.15) is 6.10 Å². The highest BCUT2D eigenvalue weighted by molar-refractivity contribution is 5.96. The average molecular weight is 331 g/mol. The molecule has 3 rings (SSSR count). The van der Waals surface area contributed by atoms with Crippen molar-refractivity contribution in [2.24, 2.45) is 0 Å². The quantitative estimate of drug-likeness (QED) is 0.834. The molecule has 8 heteroatoms. The molecule has 1 amide bonds. The summed E-state index contributed by atoms with van der Waals surface area (Å²) >= 11 is 0. The van der Waals surface area contributed by atoms with E-state index in [4.69, 9.17) is 14.0 Å². The first-order chi connectivity index (χ1) is 11.6. The molecular weight excluding hydrogens is 314 g/mol. The minimum atomic E-state index is -0.536. The van der Waals surface area contributed by atoms with Gasteiger partial charge in [0, 0.05) is 19.2 Å². The Labute approximate surface area is 138 Å². The summed E-state index contributed by atoms with van der Waals surface area (Å²) in [6.45, 7) is 2.17. The summed E-state index contributed by atoms with van der Waals surface area (Å²) in [6.07, 6.45) is 1.15. The number of hydrogen-bond donors (Lipinski definition) is 1. The number of esters is 1. The second kappa shape index (κ2) is 7.22. The average Bonchev–Trinajstić information content (AvgIpc) is 3.24. The Morgan fingerprint density at radius 2 is 2.29 bits per heavy atom. The van der Waals surface area contributed by atoms with Crippen LogP contribution in [0.5, 0.6) is 0 Å². The molecule has 0 radical (unpaired) electrons. The zero-order valence-electron chi connectivity index (χ0n) is 13.2. The molecule has 0 spiro atoms. The smallest absolute Gasteiger partial charge is 0.338 e. The Morgan fingerprint density at radius 1 is 1.42 bits per heavy atom. The molecule has 0 aliphatic carbocycles. The van der Waals surface area contributed by atoms with Gasteiger partial charge >= 0.3 is 5.97 Å². The molecule has 0 bridgehead atoms. The van der Waals surface area contributed by atoms with Crippen LogP contribution in [0.3, 0.4) is 0 Å². The first-order valence-electron chi connectivity index (χ1n) is 7.60. The summed E-state index contributed by atoms with van der Waals surface area (Å²) in [7, 11) is 0. The van der Waals surface area contributed by atoms with Crippen molar-refractivity contribution >= 4 is 17.6 Å². The van der Waals surface area contributed by atoms with Crippen molar-refractivity contribution in [3.63, 3.8) is 0 Å². The van der Waals surface area contributed by atoms with Crippen molar-refractivity contribution in [3.05, 3.63) is 41.5 Å². The van der Waals surface area contributed by atoms with E-state index >= 15 is 0 Å². The molecule has 1 aromatic carbocycles. The number of carbonyl (C=O) groups excluding carboxylic acids is 2. The van der Waals surface area contributed by atoms with Gasteiger partial charge in [0.05, 0.1) is 5.56 Å². The third-order valence-electron chi connectivity index (χ3n) is 3.49. The molecule has 2 aromatic rings. The molecule has 1 aromatic heterocycles. The fourth-order valence-corrected chi connectivity index (χ4v) is 2.34. The molecule has 24 heavy (non-hydrogen) atoms. The lowest BCUT2D eigenvalue weighted by molar-refractivity contribution is -0.124. The highest BCUT2D eigenvalue weighted by Gasteiger charge is 2.23. The molecule has 0 unspecified atom stereocenters. The van der Waals surface area contributed by atoms with Crippen LogP contribution in [0.15, 0.2) is 28.8 Å². The van der Waals surface area contributed by atoms with Crippen molar-refractivity contribution in [1.29, 1.82) is 0 Å². The number of aryl methyl sites for hydroxylation is 1. The minimum absolute atomic E-state index is 0.0807. The van der Waals surface area contributed by atoms with E-state index < -0.39 is 12.1 Å². The molecule has 1 aliphatic rings. The van der Waals surface area contributed by atoms with Gasteiger partial charge in [0.25, 0.3) is 5.91 Å². The number of ether oxygens (including phenoxy) is 2. The zero-order valence-corrected chi connectivity index (χ0v) is 13.2. The van der Waals surface area contributed by atoms with Gasteiger partial charge in [-0.15, -0.1) is 0 Å². The third kappa shape index (κ3) is 3.96. The summed E-state index contributed by atoms with van der Waals surface area (Å²) in [5.74, 6) is -0.0467. The maximum atomic E-state index is 12.1. The van der Waals surface area contributed by atoms with Crippen LogP contribution in [-0.4, -0.2) is 34.7 Å². The molecule has 1 atom stereocenters. The van der Waals surface area contributed by atoms with Crippen molar-refractivity contribution < 1.29 is 23.6 Å². The predicted molar refractivity (Wildman–Crippen MR) is 82.2 cm³/mol. The van der Waals surface area contributed by atoms with Gasteiger partial charge < -0.3 is 19.3 Å². The summed E-state index contributed by atoms with van der Waals surface area (Å²) in [5, 5.41) is 6.39. The SMILES string of the molecule is Cc1nc(COC(=O)c2cccc(NC(=O)[C@@H]3CCCO3)c2)no1. The molecule has 2 heterocycles. The van der Waals surface area contributed by atoms with Crippen LogP contribution in [0.1, 0.15) is 34.9 Å². The topological polar surface area (TPSA) is 104 Å². The van der Waals surface area contributed by atoms with Gasteiger partial charge in [0.2, 0.25) is 11.7 Å². The maximum absolute atomic E-state index is 12.1. The van der Waals surface area contributed by atoms with Crippen LogP contribution < -0.4 is 5.32 Å². The Bertz CT molecular complexity index is 737. The van der Waals surface area contributed by atoms with Crippen molar-refractivity contribution in [2.75, 3.05) is 11.9 Å². The van der Waals surface area contributed by atoms with Crippen LogP contribution in [0, 0.1) is 6.92 Å². The van der Waals surface area contributed by atoms with Gasteiger partial charge in [-0.05, 0) is 31.0 Å². The molecule has 8 nitrogen and oxygen atoms in total. The van der Waals surface area contributed by atoms with E-state index in [1.807, 2.05) is 0 Å². The van der Waals surface area contributed by atoms with Crippen LogP contribution in [0.4, 0.5) is 5.69 Å². The normalized spacial score (nSPS) is 16.8. The molecule has 1 saturated heterocycles. The Kier molecular flexibility index (Phi) is 4.85. The number of nitrogens with one attached hydrogen (secondary N) is 1. The number of benzene rings is 1. The minimum Gasteiger partial charge on any atom is -0.454 e. The van der Waals surface area contributed by atoms with Gasteiger partial charge in [-0.1, -0.05) is 11.2 Å². The van der Waals surface area contributed by atoms with E-state index in [-0.39, 0.29) is 12.5 Å². The molecule has 1 fully saturated rings. The lowest BCUT2D eigenvalue weighted by Gasteiger charge is -2.11. The monoisotopic (exact) mass is 331 g/mol. The second-order valence-corrected chi connectivity index (χ2v) is 5.38. The van der Waals surface area contributed by atoms with Gasteiger partial charge in [-0.25, -0.2) is 4.79 Å². The summed E-state index contributed by atoms with van der Waals surface area (Å²) in [4.78, 5) is 28.1. The molecule has 1 N–H and O–H groups in total. The standard InChI is InChI=1S/C16H17N3O5/c1-10-17-14(19-24-10)9-23-16(21)11-4-2-5-12(8-11)18-15(20)13-6-3-7-22-13/h2,4-5,8,13H,3,6-7,9H2,1H3,(H,18,20)/t13-/m0/s1. The Morgan fingerprint density at radius 3 is 3.00 bits per heavy atom. The second-order valence-electron chi connectivity index (χ2n) is 5.38. The Balaban J connectivity index is 1.59. The number of amides is 1. The van der Waals surface area contributed by atoms with Crippen LogP contribution in [-0.2, 0) is 20.9 Å². The van der Waals surface area contributed by atoms with Crippen LogP contribution >= 0.6 is 0 Å². The van der Waals surface area contributed by atoms with E-state index in [1.54, 1.807) is 31.2 Å². The summed E-state index contributed by atoms with van der Waals surface area (Å²) in [6, 6.07) is 6.52. The van der Waals surface area contributed by atoms with Crippen molar-refractivity contribution in [1.82, 2.24) is 10.1 Å². The van der Waals surface area contributed by atoms with Gasteiger partial charge in [-0.3, -0.25) is 4.79 Å². The third-order valence-corrected chi connectivity index (χ3v) is 3.49. The molecule has 1 aliphatic heterocycles. The predicted octanol–water partition coefficient (Wildman–Crippen LogP) is 1.85. The molecular formula is C16H17N3O5. The number of aromatic nitrogens is 2. The van der Waals surface area contributed by atoms with E-state index in [1.165, 1.54) is 0 Å². The van der Waals surface area contributed by atoms with Crippen LogP contribution in [0.25, 0.3) is 0 Å². The number of anilines is 1. The van der Waals surface area contributed by atoms with E-state index in [0.29, 0.717) is 36.0 Å². The fourth-order valence-electron chi connectivity index (χ4n) is 2.34. The van der Waals surface area contributed by atoms with Crippen LogP contribution in [0.2, 0.25) is 0 Å². The first kappa shape index (κ1) is 16.1. The lowest BCUT2D eigenvalue weighted by Crippen LogP contribution is -2.26. The fraction of sp³-hybridized carbons (Fsp3) is 0.375. The number of hydrogen-bond acceptors (Lipinski definition) is 7. The largest absolute Gasteiger partial charge is 0.454 e. The number of nitrogens with zero attached hydrogens (tertiary/aromatic N) is 2. The van der Waals surface area contributed by atoms with Gasteiger partial charge in [0.15, 0.2) is 6.61 Å². The highest BCUT2D eigenvalue weighted by atomic mass is 16.5. The summed E-state index contributed by atoms with van der Waals surface area (Å²) < 4.78 is 15.3. The molecule has 0 saturated carbocycles. The van der Waals surface area contributed by atoms with Crippen molar-refractivity contribution in [3.8, 4) is 0 Å². The number of rotatable bonds is 5. The zero-order chi connectivity index (χ0) is 16.9. The van der Waals surface area contributed by atoms with Crippen molar-refractivity contribution in [2.45, 2.75) is 32.5 Å². The number of carbonyl (C=O) groups is 2. The lowest BCUT2D eigenvalue weighted by atomic mass is 10.2. The van der Waals surface area contributed by atoms with E-state index in [9.17, 15) is 9.59 Å². The Hall–Kier alpha value is -2.74.